The van der Waals surface area contributed by atoms with Gasteiger partial charge in [-0.2, -0.15) is 11.8 Å². The molecular formula is C17H26N4O2S. The lowest BCUT2D eigenvalue weighted by atomic mass is 10.1. The lowest BCUT2D eigenvalue weighted by Gasteiger charge is -2.32. The van der Waals surface area contributed by atoms with Crippen LogP contribution in [-0.4, -0.2) is 54.5 Å². The predicted molar refractivity (Wildman–Crippen MR) is 101 cm³/mol. The first kappa shape index (κ1) is 18.6. The Morgan fingerprint density at radius 3 is 2.50 bits per heavy atom. The number of urea groups is 1. The van der Waals surface area contributed by atoms with Gasteiger partial charge in [-0.3, -0.25) is 4.79 Å². The van der Waals surface area contributed by atoms with E-state index >= 15 is 0 Å². The molecule has 1 aromatic carbocycles. The molecule has 3 amide bonds. The molecule has 0 unspecified atom stereocenters. The molecule has 1 aromatic rings. The second kappa shape index (κ2) is 9.54. The Balaban J connectivity index is 1.76. The Labute approximate surface area is 147 Å². The average molecular weight is 350 g/mol. The van der Waals surface area contributed by atoms with Crippen LogP contribution in [0.3, 0.4) is 0 Å². The smallest absolute Gasteiger partial charge is 0.319 e. The van der Waals surface area contributed by atoms with Crippen molar-refractivity contribution in [1.29, 1.82) is 0 Å². The minimum absolute atomic E-state index is 0.134. The Morgan fingerprint density at radius 2 is 1.88 bits per heavy atom. The fraction of sp³-hybridized carbons (Fsp3) is 0.529. The summed E-state index contributed by atoms with van der Waals surface area (Å²) >= 11 is 1.87. The van der Waals surface area contributed by atoms with E-state index in [4.69, 9.17) is 0 Å². The molecule has 0 bridgehead atoms. The molecule has 1 aliphatic rings. The summed E-state index contributed by atoms with van der Waals surface area (Å²) in [6.45, 7) is 4.64. The van der Waals surface area contributed by atoms with Crippen LogP contribution in [0, 0.1) is 0 Å². The highest BCUT2D eigenvalue weighted by atomic mass is 32.2. The first-order chi connectivity index (χ1) is 11.6. The van der Waals surface area contributed by atoms with Gasteiger partial charge in [-0.1, -0.05) is 6.07 Å². The number of likely N-dealkylation sites (tertiary alicyclic amines) is 1. The highest BCUT2D eigenvalue weighted by molar-refractivity contribution is 7.98. The van der Waals surface area contributed by atoms with Gasteiger partial charge in [0.25, 0.3) is 0 Å². The number of thioether (sulfide) groups is 1. The van der Waals surface area contributed by atoms with Gasteiger partial charge in [0.05, 0.1) is 0 Å². The summed E-state index contributed by atoms with van der Waals surface area (Å²) in [6, 6.07) is 7.15. The zero-order valence-corrected chi connectivity index (χ0v) is 15.1. The maximum atomic E-state index is 12.1. The summed E-state index contributed by atoms with van der Waals surface area (Å²) in [4.78, 5) is 25.7. The van der Waals surface area contributed by atoms with E-state index < -0.39 is 0 Å². The topological polar surface area (TPSA) is 73.5 Å². The molecule has 0 atom stereocenters. The number of rotatable bonds is 6. The highest BCUT2D eigenvalue weighted by Crippen LogP contribution is 2.16. The van der Waals surface area contributed by atoms with Gasteiger partial charge in [-0.05, 0) is 37.3 Å². The van der Waals surface area contributed by atoms with Gasteiger partial charge >= 0.3 is 6.03 Å². The molecule has 0 spiro atoms. The number of anilines is 2. The molecule has 0 radical (unpaired) electrons. The van der Waals surface area contributed by atoms with Gasteiger partial charge in [0.15, 0.2) is 0 Å². The molecule has 1 aliphatic heterocycles. The van der Waals surface area contributed by atoms with E-state index in [1.165, 1.54) is 6.92 Å². The molecule has 3 N–H and O–H groups in total. The second-order valence-corrected chi connectivity index (χ2v) is 6.95. The number of carbonyl (C=O) groups is 2. The monoisotopic (exact) mass is 350 g/mol. The van der Waals surface area contributed by atoms with Gasteiger partial charge in [0.2, 0.25) is 5.91 Å². The summed E-state index contributed by atoms with van der Waals surface area (Å²) in [7, 11) is 0. The molecule has 1 heterocycles. The van der Waals surface area contributed by atoms with Gasteiger partial charge < -0.3 is 20.9 Å². The summed E-state index contributed by atoms with van der Waals surface area (Å²) < 4.78 is 0. The lowest BCUT2D eigenvalue weighted by Crippen LogP contribution is -2.46. The van der Waals surface area contributed by atoms with E-state index in [0.717, 1.165) is 38.2 Å². The quantitative estimate of drug-likeness (QED) is 0.737. The number of hydrogen-bond donors (Lipinski definition) is 3. The summed E-state index contributed by atoms with van der Waals surface area (Å²) in [6.07, 6.45) is 4.08. The third-order valence-electron chi connectivity index (χ3n) is 3.98. The van der Waals surface area contributed by atoms with E-state index in [2.05, 4.69) is 27.1 Å². The molecule has 6 nitrogen and oxygen atoms in total. The van der Waals surface area contributed by atoms with Crippen LogP contribution in [0.4, 0.5) is 16.2 Å². The summed E-state index contributed by atoms with van der Waals surface area (Å²) in [5.74, 6) is 1.02. The minimum Gasteiger partial charge on any atom is -0.335 e. The molecule has 1 fully saturated rings. The zero-order chi connectivity index (χ0) is 17.4. The van der Waals surface area contributed by atoms with Crippen LogP contribution >= 0.6 is 11.8 Å². The Morgan fingerprint density at radius 1 is 1.21 bits per heavy atom. The number of carbonyl (C=O) groups excluding carboxylic acids is 2. The second-order valence-electron chi connectivity index (χ2n) is 5.97. The van der Waals surface area contributed by atoms with E-state index in [1.807, 2.05) is 11.8 Å². The molecule has 0 aliphatic carbocycles. The molecule has 0 saturated carbocycles. The normalized spacial score (nSPS) is 15.8. The summed E-state index contributed by atoms with van der Waals surface area (Å²) in [5.41, 5.74) is 1.33. The third kappa shape index (κ3) is 6.41. The van der Waals surface area contributed by atoms with Crippen LogP contribution in [0.15, 0.2) is 24.3 Å². The number of amides is 3. The van der Waals surface area contributed by atoms with E-state index in [9.17, 15) is 9.59 Å². The van der Waals surface area contributed by atoms with Crippen LogP contribution in [0.5, 0.6) is 0 Å². The molecule has 24 heavy (non-hydrogen) atoms. The predicted octanol–water partition coefficient (Wildman–Crippen LogP) is 2.59. The lowest BCUT2D eigenvalue weighted by molar-refractivity contribution is -0.114. The van der Waals surface area contributed by atoms with Crippen molar-refractivity contribution < 1.29 is 9.59 Å². The van der Waals surface area contributed by atoms with Crippen LogP contribution < -0.4 is 16.0 Å². The maximum Gasteiger partial charge on any atom is 0.319 e. The van der Waals surface area contributed by atoms with Gasteiger partial charge in [0, 0.05) is 49.7 Å². The number of benzene rings is 1. The number of piperidine rings is 1. The van der Waals surface area contributed by atoms with Crippen molar-refractivity contribution >= 4 is 35.1 Å². The Bertz CT molecular complexity index is 559. The minimum atomic E-state index is -0.197. The molecule has 0 aromatic heterocycles. The molecule has 2 rings (SSSR count). The summed E-state index contributed by atoms with van der Waals surface area (Å²) in [5, 5.41) is 8.57. The van der Waals surface area contributed by atoms with E-state index in [0.29, 0.717) is 11.4 Å². The van der Waals surface area contributed by atoms with E-state index in [1.54, 1.807) is 24.3 Å². The van der Waals surface area contributed by atoms with Crippen molar-refractivity contribution in [3.8, 4) is 0 Å². The third-order valence-corrected chi connectivity index (χ3v) is 4.57. The van der Waals surface area contributed by atoms with Gasteiger partial charge in [0.1, 0.15) is 0 Å². The fourth-order valence-corrected chi connectivity index (χ4v) is 3.19. The van der Waals surface area contributed by atoms with Crippen LogP contribution in [-0.2, 0) is 4.79 Å². The number of nitrogens with one attached hydrogen (secondary N) is 3. The Kier molecular flexibility index (Phi) is 7.39. The van der Waals surface area contributed by atoms with E-state index in [-0.39, 0.29) is 18.0 Å². The van der Waals surface area contributed by atoms with Crippen molar-refractivity contribution in [1.82, 2.24) is 10.2 Å². The van der Waals surface area contributed by atoms with Crippen LogP contribution in [0.2, 0.25) is 0 Å². The molecule has 132 valence electrons. The van der Waals surface area contributed by atoms with Crippen molar-refractivity contribution in [3.63, 3.8) is 0 Å². The molecule has 1 saturated heterocycles. The van der Waals surface area contributed by atoms with Gasteiger partial charge in [-0.25, -0.2) is 4.79 Å². The van der Waals surface area contributed by atoms with Crippen LogP contribution in [0.1, 0.15) is 19.8 Å². The molecular weight excluding hydrogens is 324 g/mol. The van der Waals surface area contributed by atoms with Crippen molar-refractivity contribution in [3.05, 3.63) is 24.3 Å². The first-order valence-corrected chi connectivity index (χ1v) is 9.62. The van der Waals surface area contributed by atoms with Crippen molar-refractivity contribution in [2.75, 3.05) is 42.3 Å². The van der Waals surface area contributed by atoms with Crippen molar-refractivity contribution in [2.24, 2.45) is 0 Å². The zero-order valence-electron chi connectivity index (χ0n) is 14.3. The Hall–Kier alpha value is -1.73. The largest absolute Gasteiger partial charge is 0.335 e. The average Bonchev–Trinajstić information content (AvgIpc) is 2.54. The van der Waals surface area contributed by atoms with Crippen LogP contribution in [0.25, 0.3) is 0 Å². The maximum absolute atomic E-state index is 12.1. The van der Waals surface area contributed by atoms with Crippen molar-refractivity contribution in [2.45, 2.75) is 25.8 Å². The standard InChI is InChI=1S/C17H26N4O2S/c1-13(22)18-15-4-3-5-16(12-15)20-17(23)19-14-6-8-21(9-7-14)10-11-24-2/h3-5,12,14H,6-11H2,1-2H3,(H,18,22)(H2,19,20,23). The highest BCUT2D eigenvalue weighted by Gasteiger charge is 2.20. The fourth-order valence-electron chi connectivity index (χ4n) is 2.75. The number of nitrogens with zero attached hydrogens (tertiary/aromatic N) is 1. The number of hydrogen-bond acceptors (Lipinski definition) is 4. The molecule has 7 heteroatoms. The van der Waals surface area contributed by atoms with Gasteiger partial charge in [-0.15, -0.1) is 0 Å². The SMILES string of the molecule is CSCCN1CCC(NC(=O)Nc2cccc(NC(C)=O)c2)CC1. The first-order valence-electron chi connectivity index (χ1n) is 8.23.